The van der Waals surface area contributed by atoms with Crippen LogP contribution in [0.1, 0.15) is 37.5 Å². The summed E-state index contributed by atoms with van der Waals surface area (Å²) in [6.45, 7) is 5.06. The Morgan fingerprint density at radius 1 is 1.00 bits per heavy atom. The highest BCUT2D eigenvalue weighted by molar-refractivity contribution is 5.26. The number of rotatable bonds is 7. The average molecular weight is 336 g/mol. The molecule has 0 bridgehead atoms. The first-order valence-electron chi connectivity index (χ1n) is 7.81. The Balaban J connectivity index is 0.00000264. The van der Waals surface area contributed by atoms with Crippen molar-refractivity contribution in [2.75, 3.05) is 6.54 Å². The van der Waals surface area contributed by atoms with Crippen LogP contribution in [0, 0.1) is 0 Å². The van der Waals surface area contributed by atoms with Crippen molar-refractivity contribution in [3.05, 3.63) is 65.7 Å². The number of nitrogens with two attached hydrogens (primary N) is 1. The van der Waals surface area contributed by atoms with E-state index in [0.29, 0.717) is 12.3 Å². The maximum Gasteiger partial charge on any atom is 0.128 e. The van der Waals surface area contributed by atoms with Crippen molar-refractivity contribution in [1.82, 2.24) is 0 Å². The van der Waals surface area contributed by atoms with Gasteiger partial charge in [0, 0.05) is 6.42 Å². The molecule has 0 aliphatic carbocycles. The number of benzene rings is 2. The summed E-state index contributed by atoms with van der Waals surface area (Å²) in [5.41, 5.74) is 2.25. The van der Waals surface area contributed by atoms with Crippen molar-refractivity contribution in [2.45, 2.75) is 38.3 Å². The molecule has 0 aliphatic rings. The summed E-state index contributed by atoms with van der Waals surface area (Å²) >= 11 is 0. The Hall–Kier alpha value is -1.55. The zero-order valence-electron chi connectivity index (χ0n) is 13.7. The van der Waals surface area contributed by atoms with Crippen LogP contribution >= 0.6 is 0 Å². The molecule has 0 aromatic heterocycles. The highest BCUT2D eigenvalue weighted by Gasteiger charge is 2.23. The molecule has 0 saturated heterocycles. The molecule has 2 rings (SSSR count). The lowest BCUT2D eigenvalue weighted by molar-refractivity contribution is -0.727. The predicted octanol–water partition coefficient (Wildman–Crippen LogP) is -0.596. The molecule has 2 aromatic carbocycles. The van der Waals surface area contributed by atoms with Crippen LogP contribution in [0.4, 0.5) is 0 Å². The zero-order chi connectivity index (χ0) is 16.0. The molecule has 0 amide bonds. The number of aliphatic hydroxyl groups is 1. The Morgan fingerprint density at radius 2 is 1.61 bits per heavy atom. The summed E-state index contributed by atoms with van der Waals surface area (Å²) in [5.74, 6) is 0.306. The number of phenolic OH excluding ortho intramolecular Hbond substituents is 1. The normalized spacial score (nSPS) is 12.5. The number of hydrogen-bond donors (Lipinski definition) is 3. The lowest BCUT2D eigenvalue weighted by Gasteiger charge is -2.24. The number of aryl methyl sites for hydroxylation is 1. The molecule has 1 unspecified atom stereocenters. The fourth-order valence-electron chi connectivity index (χ4n) is 2.47. The van der Waals surface area contributed by atoms with Crippen LogP contribution in [0.25, 0.3) is 0 Å². The number of phenols is 1. The second kappa shape index (κ2) is 8.92. The summed E-state index contributed by atoms with van der Waals surface area (Å²) in [6, 6.07) is 17.2. The highest BCUT2D eigenvalue weighted by Crippen LogP contribution is 2.15. The maximum absolute atomic E-state index is 10.2. The average Bonchev–Trinajstić information content (AvgIpc) is 2.53. The van der Waals surface area contributed by atoms with Gasteiger partial charge in [0.15, 0.2) is 0 Å². The first kappa shape index (κ1) is 19.5. The molecule has 2 aromatic rings. The van der Waals surface area contributed by atoms with Gasteiger partial charge in [-0.3, -0.25) is 0 Å². The van der Waals surface area contributed by atoms with Gasteiger partial charge in [0.1, 0.15) is 18.4 Å². The topological polar surface area (TPSA) is 57.1 Å². The molecular weight excluding hydrogens is 310 g/mol. The molecule has 0 saturated carbocycles. The van der Waals surface area contributed by atoms with Crippen LogP contribution in [0.3, 0.4) is 0 Å². The van der Waals surface area contributed by atoms with E-state index in [1.54, 1.807) is 12.1 Å². The van der Waals surface area contributed by atoms with E-state index in [1.807, 2.05) is 42.5 Å². The molecule has 1 atom stereocenters. The summed E-state index contributed by atoms with van der Waals surface area (Å²) in [5, 5.41) is 21.8. The molecule has 126 valence electrons. The van der Waals surface area contributed by atoms with Crippen LogP contribution in [0.5, 0.6) is 5.75 Å². The van der Waals surface area contributed by atoms with E-state index < -0.39 is 6.10 Å². The van der Waals surface area contributed by atoms with Crippen LogP contribution in [-0.4, -0.2) is 22.3 Å². The highest BCUT2D eigenvalue weighted by atomic mass is 35.5. The van der Waals surface area contributed by atoms with Gasteiger partial charge in [0.2, 0.25) is 0 Å². The minimum atomic E-state index is -0.436. The second-order valence-electron chi connectivity index (χ2n) is 6.52. The first-order chi connectivity index (χ1) is 10.5. The van der Waals surface area contributed by atoms with Gasteiger partial charge < -0.3 is 27.9 Å². The van der Waals surface area contributed by atoms with E-state index in [0.717, 1.165) is 18.4 Å². The van der Waals surface area contributed by atoms with Crippen molar-refractivity contribution in [1.29, 1.82) is 0 Å². The summed E-state index contributed by atoms with van der Waals surface area (Å²) in [7, 11) is 0. The van der Waals surface area contributed by atoms with E-state index in [1.165, 1.54) is 5.56 Å². The van der Waals surface area contributed by atoms with Crippen LogP contribution < -0.4 is 17.7 Å². The van der Waals surface area contributed by atoms with E-state index in [2.05, 4.69) is 19.2 Å². The molecule has 0 heterocycles. The van der Waals surface area contributed by atoms with Gasteiger partial charge in [-0.2, -0.15) is 0 Å². The number of quaternary nitrogens is 1. The Labute approximate surface area is 144 Å². The zero-order valence-corrected chi connectivity index (χ0v) is 14.5. The maximum atomic E-state index is 10.2. The fourth-order valence-corrected chi connectivity index (χ4v) is 2.47. The standard InChI is InChI=1S/C19H25NO2.ClH/c1-19(2,13-12-15-8-10-17(21)11-9-15)20-14-18(22)16-6-4-3-5-7-16;/h3-11,18,20-22H,12-14H2,1-2H3;1H. The van der Waals surface area contributed by atoms with Gasteiger partial charge in [-0.05, 0) is 43.5 Å². The summed E-state index contributed by atoms with van der Waals surface area (Å²) in [4.78, 5) is 0. The van der Waals surface area contributed by atoms with Crippen molar-refractivity contribution in [3.63, 3.8) is 0 Å². The third-order valence-electron chi connectivity index (χ3n) is 4.07. The minimum absolute atomic E-state index is 0. The molecule has 4 N–H and O–H groups in total. The third-order valence-corrected chi connectivity index (χ3v) is 4.07. The minimum Gasteiger partial charge on any atom is -1.00 e. The van der Waals surface area contributed by atoms with E-state index in [9.17, 15) is 10.2 Å². The molecule has 0 spiro atoms. The van der Waals surface area contributed by atoms with E-state index >= 15 is 0 Å². The number of halogens is 1. The van der Waals surface area contributed by atoms with E-state index in [-0.39, 0.29) is 17.9 Å². The number of aromatic hydroxyl groups is 1. The lowest BCUT2D eigenvalue weighted by Crippen LogP contribution is -3.00. The Kier molecular flexibility index (Phi) is 7.56. The Morgan fingerprint density at radius 3 is 2.22 bits per heavy atom. The smallest absolute Gasteiger partial charge is 0.128 e. The molecule has 3 nitrogen and oxygen atoms in total. The molecule has 23 heavy (non-hydrogen) atoms. The van der Waals surface area contributed by atoms with Crippen molar-refractivity contribution in [2.24, 2.45) is 0 Å². The van der Waals surface area contributed by atoms with Gasteiger partial charge in [0.05, 0.1) is 5.54 Å². The van der Waals surface area contributed by atoms with Gasteiger partial charge in [-0.15, -0.1) is 0 Å². The monoisotopic (exact) mass is 335 g/mol. The van der Waals surface area contributed by atoms with E-state index in [4.69, 9.17) is 0 Å². The van der Waals surface area contributed by atoms with Gasteiger partial charge in [0.25, 0.3) is 0 Å². The van der Waals surface area contributed by atoms with Crippen molar-refractivity contribution < 1.29 is 27.9 Å². The fraction of sp³-hybridized carbons (Fsp3) is 0.368. The lowest BCUT2D eigenvalue weighted by atomic mass is 9.94. The molecule has 0 fully saturated rings. The summed E-state index contributed by atoms with van der Waals surface area (Å²) in [6.07, 6.45) is 1.54. The van der Waals surface area contributed by atoms with Gasteiger partial charge in [-0.25, -0.2) is 0 Å². The SMILES string of the molecule is CC(C)(CCc1ccc(O)cc1)[NH2+]CC(O)c1ccccc1.[Cl-]. The molecule has 4 heteroatoms. The molecule has 0 aliphatic heterocycles. The third kappa shape index (κ3) is 6.61. The second-order valence-corrected chi connectivity index (χ2v) is 6.52. The van der Waals surface area contributed by atoms with Crippen LogP contribution in [0.2, 0.25) is 0 Å². The van der Waals surface area contributed by atoms with Gasteiger partial charge >= 0.3 is 0 Å². The quantitative estimate of drug-likeness (QED) is 0.633. The van der Waals surface area contributed by atoms with Crippen LogP contribution in [0.15, 0.2) is 54.6 Å². The number of hydrogen-bond acceptors (Lipinski definition) is 2. The largest absolute Gasteiger partial charge is 1.00 e. The Bertz CT molecular complexity index is 570. The summed E-state index contributed by atoms with van der Waals surface area (Å²) < 4.78 is 0. The molecule has 0 radical (unpaired) electrons. The van der Waals surface area contributed by atoms with Crippen molar-refractivity contribution in [3.8, 4) is 5.75 Å². The predicted molar refractivity (Wildman–Crippen MR) is 88.7 cm³/mol. The van der Waals surface area contributed by atoms with Gasteiger partial charge in [-0.1, -0.05) is 42.5 Å². The molecular formula is C19H26ClNO2. The van der Waals surface area contributed by atoms with Crippen molar-refractivity contribution >= 4 is 0 Å². The first-order valence-corrected chi connectivity index (χ1v) is 7.81. The van der Waals surface area contributed by atoms with Crippen LogP contribution in [-0.2, 0) is 6.42 Å². The number of aliphatic hydroxyl groups excluding tert-OH is 1.